The molecule has 0 aromatic heterocycles. The summed E-state index contributed by atoms with van der Waals surface area (Å²) >= 11 is 6.09. The van der Waals surface area contributed by atoms with Crippen LogP contribution < -0.4 is 10.1 Å². The van der Waals surface area contributed by atoms with Crippen molar-refractivity contribution in [3.05, 3.63) is 40.9 Å². The van der Waals surface area contributed by atoms with Crippen molar-refractivity contribution >= 4 is 22.4 Å². The molecule has 1 N–H and O–H groups in total. The molecule has 0 aliphatic carbocycles. The normalized spacial score (nSPS) is 16.5. The summed E-state index contributed by atoms with van der Waals surface area (Å²) in [6, 6.07) is 10.3. The van der Waals surface area contributed by atoms with Crippen LogP contribution in [0.5, 0.6) is 5.75 Å². The van der Waals surface area contributed by atoms with Crippen molar-refractivity contribution in [1.82, 2.24) is 10.2 Å². The predicted molar refractivity (Wildman–Crippen MR) is 83.7 cm³/mol. The lowest BCUT2D eigenvalue weighted by Gasteiger charge is -2.27. The Kier molecular flexibility index (Phi) is 4.10. The first-order valence-electron chi connectivity index (χ1n) is 6.95. The van der Waals surface area contributed by atoms with Gasteiger partial charge in [-0.05, 0) is 35.0 Å². The molecule has 1 fully saturated rings. The van der Waals surface area contributed by atoms with Crippen LogP contribution in [0.4, 0.5) is 0 Å². The Morgan fingerprint density at radius 3 is 2.70 bits per heavy atom. The molecule has 0 saturated carbocycles. The van der Waals surface area contributed by atoms with Crippen molar-refractivity contribution in [2.45, 2.75) is 6.54 Å². The van der Waals surface area contributed by atoms with E-state index >= 15 is 0 Å². The van der Waals surface area contributed by atoms with Crippen LogP contribution in [-0.4, -0.2) is 38.2 Å². The van der Waals surface area contributed by atoms with Gasteiger partial charge in [-0.2, -0.15) is 0 Å². The molecule has 3 nitrogen and oxygen atoms in total. The zero-order valence-corrected chi connectivity index (χ0v) is 12.4. The van der Waals surface area contributed by atoms with Gasteiger partial charge in [-0.15, -0.1) is 0 Å². The summed E-state index contributed by atoms with van der Waals surface area (Å²) in [5.41, 5.74) is 1.23. The summed E-state index contributed by atoms with van der Waals surface area (Å²) in [4.78, 5) is 2.45. The first-order chi connectivity index (χ1) is 9.76. The van der Waals surface area contributed by atoms with Gasteiger partial charge in [0.05, 0.1) is 7.11 Å². The van der Waals surface area contributed by atoms with Gasteiger partial charge in [-0.25, -0.2) is 0 Å². The first kappa shape index (κ1) is 13.7. The number of benzene rings is 2. The maximum atomic E-state index is 6.09. The Labute approximate surface area is 124 Å². The molecular weight excluding hydrogens is 272 g/mol. The number of halogens is 1. The topological polar surface area (TPSA) is 24.5 Å². The van der Waals surface area contributed by atoms with E-state index < -0.39 is 0 Å². The molecule has 2 aromatic rings. The number of rotatable bonds is 3. The highest BCUT2D eigenvalue weighted by atomic mass is 35.5. The Hall–Kier alpha value is -1.29. The molecule has 3 rings (SSSR count). The summed E-state index contributed by atoms with van der Waals surface area (Å²) in [5, 5.41) is 6.48. The Bertz CT molecular complexity index is 609. The third kappa shape index (κ3) is 2.90. The van der Waals surface area contributed by atoms with E-state index in [1.54, 1.807) is 7.11 Å². The lowest BCUT2D eigenvalue weighted by atomic mass is 10.1. The van der Waals surface area contributed by atoms with Gasteiger partial charge >= 0.3 is 0 Å². The second-order valence-electron chi connectivity index (χ2n) is 5.18. The number of nitrogens with one attached hydrogen (secondary N) is 1. The van der Waals surface area contributed by atoms with Gasteiger partial charge in [0.15, 0.2) is 0 Å². The maximum absolute atomic E-state index is 6.09. The van der Waals surface area contributed by atoms with Crippen LogP contribution in [0.3, 0.4) is 0 Å². The quantitative estimate of drug-likeness (QED) is 0.941. The molecule has 1 aliphatic heterocycles. The van der Waals surface area contributed by atoms with Gasteiger partial charge in [-0.3, -0.25) is 4.90 Å². The van der Waals surface area contributed by atoms with E-state index in [9.17, 15) is 0 Å². The molecule has 0 spiro atoms. The first-order valence-corrected chi connectivity index (χ1v) is 7.33. The number of methoxy groups -OCH3 is 1. The van der Waals surface area contributed by atoms with E-state index in [0.717, 1.165) is 48.9 Å². The molecule has 0 radical (unpaired) electrons. The highest BCUT2D eigenvalue weighted by Gasteiger charge is 2.13. The number of hydrogen-bond acceptors (Lipinski definition) is 3. The molecule has 1 saturated heterocycles. The summed E-state index contributed by atoms with van der Waals surface area (Å²) in [6.45, 7) is 5.20. The minimum Gasteiger partial charge on any atom is -0.496 e. The largest absolute Gasteiger partial charge is 0.496 e. The van der Waals surface area contributed by atoms with Crippen LogP contribution in [0.15, 0.2) is 30.3 Å². The van der Waals surface area contributed by atoms with Crippen LogP contribution in [0.2, 0.25) is 5.02 Å². The van der Waals surface area contributed by atoms with Crippen LogP contribution in [0.25, 0.3) is 10.8 Å². The molecule has 0 atom stereocenters. The van der Waals surface area contributed by atoms with Gasteiger partial charge < -0.3 is 10.1 Å². The Balaban J connectivity index is 1.94. The van der Waals surface area contributed by atoms with Gasteiger partial charge in [0.25, 0.3) is 0 Å². The number of nitrogens with zero attached hydrogens (tertiary/aromatic N) is 1. The van der Waals surface area contributed by atoms with Crippen LogP contribution in [-0.2, 0) is 6.54 Å². The molecule has 20 heavy (non-hydrogen) atoms. The fourth-order valence-electron chi connectivity index (χ4n) is 2.72. The van der Waals surface area contributed by atoms with Crippen LogP contribution in [0.1, 0.15) is 5.56 Å². The summed E-state index contributed by atoms with van der Waals surface area (Å²) < 4.78 is 5.55. The zero-order chi connectivity index (χ0) is 13.9. The standard InChI is InChI=1S/C16H19ClN2O/c1-20-16-10-12-2-3-15(17)9-13(12)8-14(16)11-19-6-4-18-5-7-19/h2-3,8-10,18H,4-7,11H2,1H3. The SMILES string of the molecule is COc1cc2ccc(Cl)cc2cc1CN1CCNCC1. The second-order valence-corrected chi connectivity index (χ2v) is 5.62. The van der Waals surface area contributed by atoms with E-state index in [0.29, 0.717) is 0 Å². The molecule has 0 bridgehead atoms. The summed E-state index contributed by atoms with van der Waals surface area (Å²) in [6.07, 6.45) is 0. The molecule has 1 aliphatic rings. The molecular formula is C16H19ClN2O. The van der Waals surface area contributed by atoms with Gasteiger partial charge in [0.2, 0.25) is 0 Å². The van der Waals surface area contributed by atoms with Gasteiger partial charge in [-0.1, -0.05) is 17.7 Å². The van der Waals surface area contributed by atoms with Crippen molar-refractivity contribution in [1.29, 1.82) is 0 Å². The lowest BCUT2D eigenvalue weighted by Crippen LogP contribution is -2.42. The highest BCUT2D eigenvalue weighted by molar-refractivity contribution is 6.31. The molecule has 0 unspecified atom stereocenters. The highest BCUT2D eigenvalue weighted by Crippen LogP contribution is 2.29. The number of hydrogen-bond donors (Lipinski definition) is 1. The molecule has 4 heteroatoms. The number of piperazine rings is 1. The van der Waals surface area contributed by atoms with E-state index in [1.165, 1.54) is 10.9 Å². The predicted octanol–water partition coefficient (Wildman–Crippen LogP) is 2.91. The van der Waals surface area contributed by atoms with Crippen molar-refractivity contribution in [3.63, 3.8) is 0 Å². The smallest absolute Gasteiger partial charge is 0.123 e. The number of fused-ring (bicyclic) bond motifs is 1. The third-order valence-corrected chi connectivity index (χ3v) is 4.04. The van der Waals surface area contributed by atoms with Gasteiger partial charge in [0.1, 0.15) is 5.75 Å². The van der Waals surface area contributed by atoms with Crippen molar-refractivity contribution in [3.8, 4) is 5.75 Å². The molecule has 0 amide bonds. The summed E-state index contributed by atoms with van der Waals surface area (Å²) in [7, 11) is 1.73. The van der Waals surface area contributed by atoms with E-state index in [4.69, 9.17) is 16.3 Å². The summed E-state index contributed by atoms with van der Waals surface area (Å²) in [5.74, 6) is 0.957. The second kappa shape index (κ2) is 6.00. The third-order valence-electron chi connectivity index (χ3n) is 3.81. The van der Waals surface area contributed by atoms with Crippen LogP contribution >= 0.6 is 11.6 Å². The van der Waals surface area contributed by atoms with Crippen molar-refractivity contribution in [2.24, 2.45) is 0 Å². The van der Waals surface area contributed by atoms with E-state index in [2.05, 4.69) is 22.3 Å². The van der Waals surface area contributed by atoms with Gasteiger partial charge in [0, 0.05) is 43.3 Å². The van der Waals surface area contributed by atoms with Crippen molar-refractivity contribution in [2.75, 3.05) is 33.3 Å². The Morgan fingerprint density at radius 1 is 1.15 bits per heavy atom. The zero-order valence-electron chi connectivity index (χ0n) is 11.7. The Morgan fingerprint density at radius 2 is 1.95 bits per heavy atom. The lowest BCUT2D eigenvalue weighted by molar-refractivity contribution is 0.230. The molecule has 106 valence electrons. The minimum absolute atomic E-state index is 0.774. The molecule has 1 heterocycles. The van der Waals surface area contributed by atoms with Crippen molar-refractivity contribution < 1.29 is 4.74 Å². The maximum Gasteiger partial charge on any atom is 0.123 e. The van der Waals surface area contributed by atoms with E-state index in [1.807, 2.05) is 18.2 Å². The fraction of sp³-hybridized carbons (Fsp3) is 0.375. The van der Waals surface area contributed by atoms with E-state index in [-0.39, 0.29) is 0 Å². The monoisotopic (exact) mass is 290 g/mol. The minimum atomic E-state index is 0.774. The average molecular weight is 291 g/mol. The molecule has 2 aromatic carbocycles. The number of ether oxygens (including phenoxy) is 1. The fourth-order valence-corrected chi connectivity index (χ4v) is 2.90. The van der Waals surface area contributed by atoms with Crippen LogP contribution in [0, 0.1) is 0 Å². The average Bonchev–Trinajstić information content (AvgIpc) is 2.47.